The van der Waals surface area contributed by atoms with E-state index in [1.54, 1.807) is 0 Å². The van der Waals surface area contributed by atoms with Crippen LogP contribution in [0.15, 0.2) is 0 Å². The fraction of sp³-hybridized carbons (Fsp3) is 0.800. The van der Waals surface area contributed by atoms with Crippen LogP contribution in [0, 0.1) is 0 Å². The van der Waals surface area contributed by atoms with Gasteiger partial charge in [-0.3, -0.25) is 0 Å². The first-order chi connectivity index (χ1) is 4.95. The van der Waals surface area contributed by atoms with Crippen LogP contribution in [0.25, 0.3) is 0 Å². The lowest BCUT2D eigenvalue weighted by Gasteiger charge is -2.14. The number of esters is 1. The molecule has 0 fully saturated rings. The fourth-order valence-corrected chi connectivity index (χ4v) is 0.344. The summed E-state index contributed by atoms with van der Waals surface area (Å²) in [6.45, 7) is -2.22. The third-order valence-electron chi connectivity index (χ3n) is 0.957. The van der Waals surface area contributed by atoms with Gasteiger partial charge in [-0.1, -0.05) is 0 Å². The van der Waals surface area contributed by atoms with Crippen molar-refractivity contribution in [3.8, 4) is 0 Å². The third kappa shape index (κ3) is 2.36. The predicted molar refractivity (Wildman–Crippen MR) is 27.8 cm³/mol. The summed E-state index contributed by atoms with van der Waals surface area (Å²) in [7, 11) is 0.739. The minimum absolute atomic E-state index is 0.739. The zero-order valence-electron chi connectivity index (χ0n) is 5.61. The molecule has 0 rings (SSSR count). The number of methoxy groups -OCH3 is 1. The Morgan fingerprint density at radius 1 is 1.64 bits per heavy atom. The molecule has 0 amide bonds. The maximum Gasteiger partial charge on any atom is 0.347 e. The average molecular weight is 174 g/mol. The van der Waals surface area contributed by atoms with Gasteiger partial charge in [-0.25, -0.2) is 13.6 Å². The molecule has 0 aliphatic heterocycles. The van der Waals surface area contributed by atoms with Gasteiger partial charge in [-0.2, -0.15) is 8.78 Å². The van der Waals surface area contributed by atoms with E-state index < -0.39 is 24.7 Å². The molecule has 0 aromatic carbocycles. The summed E-state index contributed by atoms with van der Waals surface area (Å²) in [6, 6.07) is 0. The Bertz CT molecular complexity index is 147. The van der Waals surface area contributed by atoms with E-state index in [2.05, 4.69) is 4.74 Å². The highest BCUT2D eigenvalue weighted by atomic mass is 19.3. The molecule has 0 aliphatic carbocycles. The minimum atomic E-state index is -4.28. The van der Waals surface area contributed by atoms with Crippen LogP contribution in [0.1, 0.15) is 0 Å². The van der Waals surface area contributed by atoms with Gasteiger partial charge in [0.1, 0.15) is 0 Å². The number of rotatable bonds is 3. The maximum absolute atomic E-state index is 12.1. The molecule has 0 saturated heterocycles. The molecule has 0 N–H and O–H groups in total. The van der Waals surface area contributed by atoms with Gasteiger partial charge in [-0.05, 0) is 0 Å². The van der Waals surface area contributed by atoms with Crippen LogP contribution in [-0.4, -0.2) is 31.8 Å². The molecule has 1 atom stereocenters. The van der Waals surface area contributed by atoms with E-state index in [1.165, 1.54) is 0 Å². The van der Waals surface area contributed by atoms with E-state index in [9.17, 15) is 22.4 Å². The zero-order chi connectivity index (χ0) is 9.07. The first-order valence-electron chi connectivity index (χ1n) is 2.61. The Labute approximate surface area is 60.1 Å². The van der Waals surface area contributed by atoms with Gasteiger partial charge in [0.15, 0.2) is 6.67 Å². The molecule has 1 unspecified atom stereocenters. The summed E-state index contributed by atoms with van der Waals surface area (Å²) in [6.07, 6.45) is -3.22. The molecule has 0 bridgehead atoms. The van der Waals surface area contributed by atoms with E-state index in [0.29, 0.717) is 0 Å². The number of ether oxygens (including phenoxy) is 1. The molecular formula is C5H6F4O2. The van der Waals surface area contributed by atoms with E-state index in [0.717, 1.165) is 7.11 Å². The summed E-state index contributed by atoms with van der Waals surface area (Å²) in [5.74, 6) is -6.06. The lowest BCUT2D eigenvalue weighted by atomic mass is 10.2. The molecule has 0 aromatic rings. The van der Waals surface area contributed by atoms with Crippen molar-refractivity contribution in [3.63, 3.8) is 0 Å². The predicted octanol–water partition coefficient (Wildman–Crippen LogP) is 1.10. The number of carbonyl (C=O) groups excluding carboxylic acids is 1. The van der Waals surface area contributed by atoms with E-state index in [1.807, 2.05) is 0 Å². The van der Waals surface area contributed by atoms with Crippen LogP contribution < -0.4 is 0 Å². The normalized spacial score (nSPS) is 14.3. The number of hydrogen-bond donors (Lipinski definition) is 0. The van der Waals surface area contributed by atoms with Crippen molar-refractivity contribution in [3.05, 3.63) is 0 Å². The van der Waals surface area contributed by atoms with Gasteiger partial charge in [0.2, 0.25) is 0 Å². The molecule has 0 radical (unpaired) electrons. The molecule has 0 heterocycles. The van der Waals surface area contributed by atoms with Gasteiger partial charge >= 0.3 is 11.9 Å². The first-order valence-corrected chi connectivity index (χ1v) is 2.61. The number of carbonyl (C=O) groups is 1. The van der Waals surface area contributed by atoms with Crippen LogP contribution >= 0.6 is 0 Å². The standard InChI is InChI=1S/C5H6F4O2/c1-11-4(10)3(7)5(8,9)2-6/h3H,2H2,1H3. The third-order valence-corrected chi connectivity index (χ3v) is 0.957. The van der Waals surface area contributed by atoms with Crippen LogP contribution in [0.5, 0.6) is 0 Å². The summed E-state index contributed by atoms with van der Waals surface area (Å²) >= 11 is 0. The lowest BCUT2D eigenvalue weighted by molar-refractivity contribution is -0.165. The average Bonchev–Trinajstić information content (AvgIpc) is 2.01. The van der Waals surface area contributed by atoms with Crippen LogP contribution in [0.4, 0.5) is 17.6 Å². The number of alkyl halides is 4. The maximum atomic E-state index is 12.1. The number of halogens is 4. The molecule has 2 nitrogen and oxygen atoms in total. The van der Waals surface area contributed by atoms with Gasteiger partial charge in [0.25, 0.3) is 6.17 Å². The Kier molecular flexibility index (Phi) is 3.28. The summed E-state index contributed by atoms with van der Waals surface area (Å²) in [4.78, 5) is 10.1. The van der Waals surface area contributed by atoms with Crippen molar-refractivity contribution in [2.75, 3.05) is 13.8 Å². The lowest BCUT2D eigenvalue weighted by Crippen LogP contribution is -2.39. The summed E-state index contributed by atoms with van der Waals surface area (Å²) in [5, 5.41) is 0. The molecule has 0 spiro atoms. The summed E-state index contributed by atoms with van der Waals surface area (Å²) < 4.78 is 50.9. The molecule has 66 valence electrons. The van der Waals surface area contributed by atoms with Gasteiger partial charge in [0.05, 0.1) is 7.11 Å². The van der Waals surface area contributed by atoms with E-state index in [4.69, 9.17) is 0 Å². The van der Waals surface area contributed by atoms with Crippen molar-refractivity contribution >= 4 is 5.97 Å². The summed E-state index contributed by atoms with van der Waals surface area (Å²) in [5.41, 5.74) is 0. The minimum Gasteiger partial charge on any atom is -0.467 e. The molecule has 0 saturated carbocycles. The van der Waals surface area contributed by atoms with Crippen molar-refractivity contribution in [2.45, 2.75) is 12.1 Å². The van der Waals surface area contributed by atoms with Crippen LogP contribution in [0.2, 0.25) is 0 Å². The Balaban J connectivity index is 4.22. The Hall–Kier alpha value is -0.810. The molecule has 11 heavy (non-hydrogen) atoms. The second kappa shape index (κ2) is 3.54. The molecule has 0 aromatic heterocycles. The zero-order valence-corrected chi connectivity index (χ0v) is 5.61. The Morgan fingerprint density at radius 2 is 2.09 bits per heavy atom. The van der Waals surface area contributed by atoms with Crippen molar-refractivity contribution in [2.24, 2.45) is 0 Å². The molecule has 6 heteroatoms. The quantitative estimate of drug-likeness (QED) is 0.473. The SMILES string of the molecule is COC(=O)C(F)C(F)(F)CF. The van der Waals surface area contributed by atoms with E-state index >= 15 is 0 Å². The fourth-order valence-electron chi connectivity index (χ4n) is 0.344. The molecule has 0 aliphatic rings. The van der Waals surface area contributed by atoms with Gasteiger partial charge < -0.3 is 4.74 Å². The Morgan fingerprint density at radius 3 is 2.36 bits per heavy atom. The highest BCUT2D eigenvalue weighted by molar-refractivity contribution is 5.75. The van der Waals surface area contributed by atoms with Crippen LogP contribution in [-0.2, 0) is 9.53 Å². The molecular weight excluding hydrogens is 168 g/mol. The monoisotopic (exact) mass is 174 g/mol. The van der Waals surface area contributed by atoms with Crippen molar-refractivity contribution in [1.82, 2.24) is 0 Å². The van der Waals surface area contributed by atoms with E-state index in [-0.39, 0.29) is 0 Å². The van der Waals surface area contributed by atoms with Crippen LogP contribution in [0.3, 0.4) is 0 Å². The number of hydrogen-bond acceptors (Lipinski definition) is 2. The first kappa shape index (κ1) is 10.2. The largest absolute Gasteiger partial charge is 0.467 e. The highest BCUT2D eigenvalue weighted by Gasteiger charge is 2.46. The van der Waals surface area contributed by atoms with Crippen molar-refractivity contribution < 1.29 is 27.1 Å². The van der Waals surface area contributed by atoms with Gasteiger partial charge in [0, 0.05) is 0 Å². The second-order valence-corrected chi connectivity index (χ2v) is 1.78. The smallest absolute Gasteiger partial charge is 0.347 e. The van der Waals surface area contributed by atoms with Crippen molar-refractivity contribution in [1.29, 1.82) is 0 Å². The second-order valence-electron chi connectivity index (χ2n) is 1.78. The van der Waals surface area contributed by atoms with Gasteiger partial charge in [-0.15, -0.1) is 0 Å². The topological polar surface area (TPSA) is 26.3 Å². The highest BCUT2D eigenvalue weighted by Crippen LogP contribution is 2.22.